The molecule has 0 spiro atoms. The zero-order valence-corrected chi connectivity index (χ0v) is 15.2. The maximum absolute atomic E-state index is 13.9. The van der Waals surface area contributed by atoms with Gasteiger partial charge in [0.25, 0.3) is 0 Å². The van der Waals surface area contributed by atoms with Gasteiger partial charge in [0.1, 0.15) is 11.3 Å². The van der Waals surface area contributed by atoms with Gasteiger partial charge in [-0.3, -0.25) is 0 Å². The summed E-state index contributed by atoms with van der Waals surface area (Å²) in [6, 6.07) is 3.72. The Morgan fingerprint density at radius 3 is 2.68 bits per heavy atom. The number of halogens is 3. The maximum atomic E-state index is 13.9. The van der Waals surface area contributed by atoms with Gasteiger partial charge in [0.05, 0.1) is 17.4 Å². The van der Waals surface area contributed by atoms with Crippen LogP contribution in [-0.2, 0) is 0 Å². The second kappa shape index (κ2) is 8.27. The third-order valence-corrected chi connectivity index (χ3v) is 4.70. The summed E-state index contributed by atoms with van der Waals surface area (Å²) < 4.78 is 27.2. The van der Waals surface area contributed by atoms with E-state index in [0.717, 1.165) is 6.07 Å². The Hall–Kier alpha value is -2.46. The molecule has 0 saturated heterocycles. The molecule has 7 nitrogen and oxygen atoms in total. The van der Waals surface area contributed by atoms with E-state index in [1.54, 1.807) is 0 Å². The molecule has 1 aromatic heterocycles. The molecule has 3 atom stereocenters. The summed E-state index contributed by atoms with van der Waals surface area (Å²) >= 11 is 6.11. The summed E-state index contributed by atoms with van der Waals surface area (Å²) in [5.74, 6) is -2.78. The van der Waals surface area contributed by atoms with E-state index in [1.165, 1.54) is 24.3 Å². The van der Waals surface area contributed by atoms with Crippen molar-refractivity contribution in [2.24, 2.45) is 10.9 Å². The van der Waals surface area contributed by atoms with Crippen LogP contribution >= 0.6 is 11.6 Å². The number of aliphatic imine (C=N–C) groups is 1. The summed E-state index contributed by atoms with van der Waals surface area (Å²) in [5, 5.41) is 29.2. The Bertz CT molecular complexity index is 955. The number of aromatic nitrogens is 2. The highest BCUT2D eigenvalue weighted by Crippen LogP contribution is 2.31. The summed E-state index contributed by atoms with van der Waals surface area (Å²) in [4.78, 5) is 12.0. The van der Waals surface area contributed by atoms with Gasteiger partial charge in [-0.1, -0.05) is 29.8 Å². The lowest BCUT2D eigenvalue weighted by molar-refractivity contribution is 0.0202. The summed E-state index contributed by atoms with van der Waals surface area (Å²) in [5.41, 5.74) is 5.94. The van der Waals surface area contributed by atoms with Gasteiger partial charge in [0.2, 0.25) is 5.95 Å². The Kier molecular flexibility index (Phi) is 5.99. The van der Waals surface area contributed by atoms with Crippen LogP contribution in [0.2, 0.25) is 5.15 Å². The average molecular weight is 411 g/mol. The molecule has 148 valence electrons. The first-order valence-corrected chi connectivity index (χ1v) is 8.69. The van der Waals surface area contributed by atoms with Crippen molar-refractivity contribution in [1.82, 2.24) is 9.97 Å². The molecule has 2 aromatic rings. The fourth-order valence-electron chi connectivity index (χ4n) is 2.88. The van der Waals surface area contributed by atoms with E-state index in [9.17, 15) is 24.1 Å². The van der Waals surface area contributed by atoms with Crippen LogP contribution in [0.1, 0.15) is 17.5 Å². The topological polar surface area (TPSA) is 125 Å². The van der Waals surface area contributed by atoms with Crippen molar-refractivity contribution in [2.45, 2.75) is 18.6 Å². The molecular formula is C18H17ClF2N4O3. The Morgan fingerprint density at radius 2 is 2.00 bits per heavy atom. The first kappa shape index (κ1) is 20.3. The second-order valence-corrected chi connectivity index (χ2v) is 6.63. The molecule has 28 heavy (non-hydrogen) atoms. The van der Waals surface area contributed by atoms with Crippen molar-refractivity contribution in [1.29, 1.82) is 0 Å². The quantitative estimate of drug-likeness (QED) is 0.571. The predicted molar refractivity (Wildman–Crippen MR) is 101 cm³/mol. The SMILES string of the molecule is Nc1nc(Cl)c(/C=C/c2cccc(F)c2F)c(N=C2C[C@H](CO)[C@@H](O)[C@H]2O)n1. The van der Waals surface area contributed by atoms with Crippen LogP contribution in [0.15, 0.2) is 23.2 Å². The van der Waals surface area contributed by atoms with Gasteiger partial charge in [-0.05, 0) is 18.6 Å². The van der Waals surface area contributed by atoms with E-state index in [4.69, 9.17) is 17.3 Å². The number of nitrogens with zero attached hydrogens (tertiary/aromatic N) is 3. The average Bonchev–Trinajstić information content (AvgIpc) is 2.92. The van der Waals surface area contributed by atoms with Crippen molar-refractivity contribution < 1.29 is 24.1 Å². The smallest absolute Gasteiger partial charge is 0.223 e. The predicted octanol–water partition coefficient (Wildman–Crippen LogP) is 1.97. The fourth-order valence-corrected chi connectivity index (χ4v) is 3.12. The van der Waals surface area contributed by atoms with E-state index in [1.807, 2.05) is 0 Å². The van der Waals surface area contributed by atoms with E-state index in [0.29, 0.717) is 0 Å². The van der Waals surface area contributed by atoms with Crippen LogP contribution < -0.4 is 5.73 Å². The van der Waals surface area contributed by atoms with Crippen LogP contribution in [0.4, 0.5) is 20.5 Å². The van der Waals surface area contributed by atoms with E-state index in [2.05, 4.69) is 15.0 Å². The summed E-state index contributed by atoms with van der Waals surface area (Å²) in [6.45, 7) is -0.324. The standard InChI is InChI=1S/C18H17ClF2N4O3/c19-16-10(5-4-8-2-1-3-11(20)13(8)21)17(25-18(22)24-16)23-12-6-9(7-26)14(27)15(12)28/h1-5,9,14-15,26-28H,6-7H2,(H2,22,24,25)/b5-4+,23-12?/t9-,14-,15+/m1/s1. The van der Waals surface area contributed by atoms with Gasteiger partial charge < -0.3 is 21.1 Å². The van der Waals surface area contributed by atoms with Crippen LogP contribution in [0.25, 0.3) is 12.2 Å². The zero-order chi connectivity index (χ0) is 20.4. The largest absolute Gasteiger partial charge is 0.396 e. The molecule has 1 aliphatic carbocycles. The minimum atomic E-state index is -1.29. The van der Waals surface area contributed by atoms with Crippen molar-refractivity contribution in [3.8, 4) is 0 Å². The fraction of sp³-hybridized carbons (Fsp3) is 0.278. The lowest BCUT2D eigenvalue weighted by Gasteiger charge is -2.12. The molecular weight excluding hydrogens is 394 g/mol. The molecule has 1 aliphatic rings. The minimum absolute atomic E-state index is 0.00889. The molecule has 3 rings (SSSR count). The number of hydrogen-bond donors (Lipinski definition) is 4. The van der Waals surface area contributed by atoms with Crippen molar-refractivity contribution >= 4 is 41.2 Å². The molecule has 0 bridgehead atoms. The summed E-state index contributed by atoms with van der Waals surface area (Å²) in [6.07, 6.45) is 0.310. The molecule has 5 N–H and O–H groups in total. The highest BCUT2D eigenvalue weighted by Gasteiger charge is 2.38. The number of aliphatic hydroxyl groups excluding tert-OH is 3. The van der Waals surface area contributed by atoms with Crippen LogP contribution in [0.5, 0.6) is 0 Å². The number of hydrogen-bond acceptors (Lipinski definition) is 7. The van der Waals surface area contributed by atoms with Crippen LogP contribution in [0, 0.1) is 17.6 Å². The van der Waals surface area contributed by atoms with E-state index < -0.39 is 29.8 Å². The lowest BCUT2D eigenvalue weighted by atomic mass is 10.1. The van der Waals surface area contributed by atoms with Gasteiger partial charge in [0, 0.05) is 18.1 Å². The van der Waals surface area contributed by atoms with Gasteiger partial charge >= 0.3 is 0 Å². The highest BCUT2D eigenvalue weighted by atomic mass is 35.5. The Balaban J connectivity index is 2.02. The molecule has 0 radical (unpaired) electrons. The van der Waals surface area contributed by atoms with Gasteiger partial charge in [-0.2, -0.15) is 4.98 Å². The number of nitrogens with two attached hydrogens (primary N) is 1. The molecule has 0 unspecified atom stereocenters. The minimum Gasteiger partial charge on any atom is -0.396 e. The van der Waals surface area contributed by atoms with Gasteiger partial charge in [-0.15, -0.1) is 0 Å². The molecule has 0 aliphatic heterocycles. The first-order valence-electron chi connectivity index (χ1n) is 8.31. The highest BCUT2D eigenvalue weighted by molar-refractivity contribution is 6.31. The molecule has 1 heterocycles. The monoisotopic (exact) mass is 410 g/mol. The van der Waals surface area contributed by atoms with Crippen molar-refractivity contribution in [3.05, 3.63) is 46.1 Å². The molecule has 0 amide bonds. The van der Waals surface area contributed by atoms with E-state index in [-0.39, 0.29) is 46.8 Å². The zero-order valence-electron chi connectivity index (χ0n) is 14.4. The Morgan fingerprint density at radius 1 is 1.25 bits per heavy atom. The normalized spacial score (nSPS) is 23.8. The molecule has 1 aromatic carbocycles. The number of aliphatic hydroxyl groups is 3. The van der Waals surface area contributed by atoms with Crippen molar-refractivity contribution in [2.75, 3.05) is 12.3 Å². The van der Waals surface area contributed by atoms with Crippen LogP contribution in [-0.4, -0.2) is 49.8 Å². The molecule has 10 heteroatoms. The Labute approximate surface area is 163 Å². The third-order valence-electron chi connectivity index (χ3n) is 4.41. The number of anilines is 1. The number of nitrogen functional groups attached to an aromatic ring is 1. The van der Waals surface area contributed by atoms with E-state index >= 15 is 0 Å². The number of benzene rings is 1. The molecule has 1 saturated carbocycles. The summed E-state index contributed by atoms with van der Waals surface area (Å²) in [7, 11) is 0. The number of rotatable bonds is 4. The first-order chi connectivity index (χ1) is 13.3. The van der Waals surface area contributed by atoms with Crippen LogP contribution in [0.3, 0.4) is 0 Å². The lowest BCUT2D eigenvalue weighted by Crippen LogP contribution is -2.29. The second-order valence-electron chi connectivity index (χ2n) is 6.27. The van der Waals surface area contributed by atoms with Gasteiger partial charge in [0.15, 0.2) is 17.5 Å². The van der Waals surface area contributed by atoms with Crippen molar-refractivity contribution in [3.63, 3.8) is 0 Å². The molecule has 1 fully saturated rings. The third kappa shape index (κ3) is 4.02. The van der Waals surface area contributed by atoms with Gasteiger partial charge in [-0.25, -0.2) is 18.8 Å². The maximum Gasteiger partial charge on any atom is 0.223 e.